The summed E-state index contributed by atoms with van der Waals surface area (Å²) in [5.41, 5.74) is 4.76. The van der Waals surface area contributed by atoms with Crippen LogP contribution in [0.5, 0.6) is 0 Å². The van der Waals surface area contributed by atoms with Gasteiger partial charge in [-0.1, -0.05) is 36.4 Å². The molecule has 0 spiro atoms. The zero-order valence-corrected chi connectivity index (χ0v) is 15.4. The number of halogens is 1. The number of nitrogens with zero attached hydrogens (tertiary/aromatic N) is 3. The molecule has 0 saturated heterocycles. The Kier molecular flexibility index (Phi) is 3.40. The minimum atomic E-state index is -0.429. The number of fused-ring (bicyclic) bond motifs is 4. The van der Waals surface area contributed by atoms with Gasteiger partial charge in [0, 0.05) is 31.6 Å². The van der Waals surface area contributed by atoms with Crippen molar-refractivity contribution in [3.63, 3.8) is 0 Å². The normalized spacial score (nSPS) is 12.2. The van der Waals surface area contributed by atoms with Gasteiger partial charge in [0.1, 0.15) is 5.82 Å². The highest BCUT2D eigenvalue weighted by Crippen LogP contribution is 2.42. The number of aromatic nitrogens is 3. The minimum absolute atomic E-state index is 0.336. The van der Waals surface area contributed by atoms with Gasteiger partial charge < -0.3 is 0 Å². The van der Waals surface area contributed by atoms with Crippen molar-refractivity contribution in [2.75, 3.05) is 0 Å². The number of rotatable bonds is 1. The molecule has 1 aliphatic carbocycles. The summed E-state index contributed by atoms with van der Waals surface area (Å²) < 4.78 is 16.0. The SMILES string of the molecule is Cn1c(=O)c2c(-c3ccc(F)cc3)c3c(nc2n(C)c1=O)-c1ccccc1C3. The van der Waals surface area contributed by atoms with Gasteiger partial charge in [0.2, 0.25) is 0 Å². The molecule has 6 heteroatoms. The van der Waals surface area contributed by atoms with E-state index in [9.17, 15) is 14.0 Å². The Labute approximate surface area is 159 Å². The fourth-order valence-electron chi connectivity index (χ4n) is 4.05. The maximum absolute atomic E-state index is 13.5. The standard InChI is InChI=1S/C22H16FN3O2/c1-25-20-18(21(27)26(2)22(25)28)17(12-7-9-14(23)10-8-12)16-11-13-5-3-4-6-15(13)19(16)24-20/h3-10H,11H2,1-2H3. The van der Waals surface area contributed by atoms with Gasteiger partial charge in [0.05, 0.1) is 11.1 Å². The minimum Gasteiger partial charge on any atom is -0.280 e. The van der Waals surface area contributed by atoms with Gasteiger partial charge >= 0.3 is 5.69 Å². The molecule has 28 heavy (non-hydrogen) atoms. The summed E-state index contributed by atoms with van der Waals surface area (Å²) in [6, 6.07) is 14.0. The van der Waals surface area contributed by atoms with Gasteiger partial charge in [-0.05, 0) is 28.8 Å². The van der Waals surface area contributed by atoms with Gasteiger partial charge in [-0.3, -0.25) is 13.9 Å². The molecule has 138 valence electrons. The second-order valence-corrected chi connectivity index (χ2v) is 7.06. The van der Waals surface area contributed by atoms with Gasteiger partial charge in [-0.25, -0.2) is 14.2 Å². The van der Waals surface area contributed by atoms with Crippen LogP contribution in [0.1, 0.15) is 11.1 Å². The third kappa shape index (κ3) is 2.14. The van der Waals surface area contributed by atoms with Gasteiger partial charge in [-0.2, -0.15) is 0 Å². The number of hydrogen-bond donors (Lipinski definition) is 0. The lowest BCUT2D eigenvalue weighted by molar-refractivity contribution is 0.628. The molecule has 1 aliphatic rings. The third-order valence-electron chi connectivity index (χ3n) is 5.46. The predicted octanol–water partition coefficient (Wildman–Crippen LogP) is 3.01. The zero-order chi connectivity index (χ0) is 19.6. The van der Waals surface area contributed by atoms with Crippen molar-refractivity contribution >= 4 is 11.0 Å². The average molecular weight is 373 g/mol. The summed E-state index contributed by atoms with van der Waals surface area (Å²) in [5.74, 6) is -0.345. The fourth-order valence-corrected chi connectivity index (χ4v) is 4.05. The Morgan fingerprint density at radius 1 is 0.964 bits per heavy atom. The lowest BCUT2D eigenvalue weighted by Gasteiger charge is -2.15. The van der Waals surface area contributed by atoms with Crippen LogP contribution in [-0.2, 0) is 20.5 Å². The van der Waals surface area contributed by atoms with Crippen molar-refractivity contribution in [3.8, 4) is 22.4 Å². The van der Waals surface area contributed by atoms with E-state index in [4.69, 9.17) is 4.98 Å². The number of aryl methyl sites for hydroxylation is 1. The highest BCUT2D eigenvalue weighted by atomic mass is 19.1. The van der Waals surface area contributed by atoms with Crippen molar-refractivity contribution in [1.82, 2.24) is 14.1 Å². The van der Waals surface area contributed by atoms with E-state index in [1.807, 2.05) is 24.3 Å². The fraction of sp³-hybridized carbons (Fsp3) is 0.136. The molecule has 0 atom stereocenters. The van der Waals surface area contributed by atoms with Crippen LogP contribution in [-0.4, -0.2) is 14.1 Å². The molecule has 5 rings (SSSR count). The van der Waals surface area contributed by atoms with Crippen LogP contribution < -0.4 is 11.2 Å². The molecule has 0 bridgehead atoms. The molecule has 0 radical (unpaired) electrons. The third-order valence-corrected chi connectivity index (χ3v) is 5.46. The van der Waals surface area contributed by atoms with Crippen molar-refractivity contribution in [3.05, 3.63) is 86.3 Å². The van der Waals surface area contributed by atoms with E-state index in [2.05, 4.69) is 0 Å². The molecule has 4 aromatic rings. The van der Waals surface area contributed by atoms with Gasteiger partial charge in [-0.15, -0.1) is 0 Å². The molecule has 2 aromatic heterocycles. The van der Waals surface area contributed by atoms with E-state index in [1.54, 1.807) is 19.2 Å². The summed E-state index contributed by atoms with van der Waals surface area (Å²) in [5, 5.41) is 0.378. The van der Waals surface area contributed by atoms with E-state index in [-0.39, 0.29) is 5.82 Å². The van der Waals surface area contributed by atoms with Crippen LogP contribution in [0.15, 0.2) is 58.1 Å². The van der Waals surface area contributed by atoms with Crippen LogP contribution in [0.3, 0.4) is 0 Å². The topological polar surface area (TPSA) is 56.9 Å². The Hall–Kier alpha value is -3.54. The first-order valence-corrected chi connectivity index (χ1v) is 8.94. The lowest BCUT2D eigenvalue weighted by atomic mass is 9.95. The number of benzene rings is 2. The molecule has 0 aliphatic heterocycles. The zero-order valence-electron chi connectivity index (χ0n) is 15.4. The Morgan fingerprint density at radius 3 is 2.43 bits per heavy atom. The predicted molar refractivity (Wildman–Crippen MR) is 106 cm³/mol. The highest BCUT2D eigenvalue weighted by Gasteiger charge is 2.28. The molecular weight excluding hydrogens is 357 g/mol. The summed E-state index contributed by atoms with van der Waals surface area (Å²) in [6.45, 7) is 0. The van der Waals surface area contributed by atoms with Crippen molar-refractivity contribution < 1.29 is 4.39 Å². The monoisotopic (exact) mass is 373 g/mol. The molecule has 0 N–H and O–H groups in total. The van der Waals surface area contributed by atoms with E-state index in [0.29, 0.717) is 23.0 Å². The Balaban J connectivity index is 2.02. The molecular formula is C22H16FN3O2. The summed E-state index contributed by atoms with van der Waals surface area (Å²) >= 11 is 0. The maximum Gasteiger partial charge on any atom is 0.332 e. The number of pyridine rings is 1. The van der Waals surface area contributed by atoms with E-state index >= 15 is 0 Å². The van der Waals surface area contributed by atoms with E-state index in [1.165, 1.54) is 23.7 Å². The molecule has 0 fully saturated rings. The smallest absolute Gasteiger partial charge is 0.280 e. The highest BCUT2D eigenvalue weighted by molar-refractivity contribution is 5.99. The second-order valence-electron chi connectivity index (χ2n) is 7.06. The largest absolute Gasteiger partial charge is 0.332 e. The Morgan fingerprint density at radius 2 is 1.68 bits per heavy atom. The summed E-state index contributed by atoms with van der Waals surface area (Å²) in [4.78, 5) is 30.3. The van der Waals surface area contributed by atoms with Crippen molar-refractivity contribution in [1.29, 1.82) is 0 Å². The molecule has 0 saturated carbocycles. The number of hydrogen-bond acceptors (Lipinski definition) is 3. The first-order chi connectivity index (χ1) is 13.5. The van der Waals surface area contributed by atoms with Crippen LogP contribution >= 0.6 is 0 Å². The van der Waals surface area contributed by atoms with E-state index < -0.39 is 11.2 Å². The molecule has 2 aromatic carbocycles. The first kappa shape index (κ1) is 16.6. The van der Waals surface area contributed by atoms with Crippen molar-refractivity contribution in [2.24, 2.45) is 14.1 Å². The lowest BCUT2D eigenvalue weighted by Crippen LogP contribution is -2.37. The summed E-state index contributed by atoms with van der Waals surface area (Å²) in [6.07, 6.45) is 0.632. The molecule has 2 heterocycles. The van der Waals surface area contributed by atoms with E-state index in [0.717, 1.165) is 32.5 Å². The quantitative estimate of drug-likeness (QED) is 0.454. The average Bonchev–Trinajstić information content (AvgIpc) is 3.08. The van der Waals surface area contributed by atoms with Crippen LogP contribution in [0.2, 0.25) is 0 Å². The first-order valence-electron chi connectivity index (χ1n) is 8.94. The van der Waals surface area contributed by atoms with Gasteiger partial charge in [0.25, 0.3) is 5.56 Å². The summed E-state index contributed by atoms with van der Waals surface area (Å²) in [7, 11) is 3.07. The Bertz CT molecular complexity index is 1400. The van der Waals surface area contributed by atoms with Crippen LogP contribution in [0.25, 0.3) is 33.4 Å². The van der Waals surface area contributed by atoms with Gasteiger partial charge in [0.15, 0.2) is 5.65 Å². The molecule has 0 amide bonds. The molecule has 5 nitrogen and oxygen atoms in total. The van der Waals surface area contributed by atoms with Crippen LogP contribution in [0.4, 0.5) is 4.39 Å². The van der Waals surface area contributed by atoms with Crippen molar-refractivity contribution in [2.45, 2.75) is 6.42 Å². The van der Waals surface area contributed by atoms with Crippen LogP contribution in [0, 0.1) is 5.82 Å². The maximum atomic E-state index is 13.5. The second kappa shape index (κ2) is 5.73. The molecule has 0 unspecified atom stereocenters.